The highest BCUT2D eigenvalue weighted by molar-refractivity contribution is 7.87. The zero-order valence-corrected chi connectivity index (χ0v) is 17.8. The van der Waals surface area contributed by atoms with E-state index < -0.39 is 10.1 Å². The minimum absolute atomic E-state index is 0.0546. The predicted octanol–water partition coefficient (Wildman–Crippen LogP) is 4.72. The van der Waals surface area contributed by atoms with Gasteiger partial charge in [-0.05, 0) is 55.3 Å². The van der Waals surface area contributed by atoms with Crippen molar-refractivity contribution in [2.24, 2.45) is 0 Å². The Labute approximate surface area is 174 Å². The summed E-state index contributed by atoms with van der Waals surface area (Å²) in [6.07, 6.45) is 0.887. The number of anilines is 1. The molecule has 0 saturated carbocycles. The van der Waals surface area contributed by atoms with Gasteiger partial charge < -0.3 is 9.08 Å². The van der Waals surface area contributed by atoms with E-state index in [0.29, 0.717) is 25.3 Å². The maximum Gasteiger partial charge on any atom is 0.339 e. The summed E-state index contributed by atoms with van der Waals surface area (Å²) in [5.74, 6) is -0.108. The second-order valence-corrected chi connectivity index (χ2v) is 8.87. The summed E-state index contributed by atoms with van der Waals surface area (Å²) in [6, 6.07) is 9.04. The monoisotopic (exact) mass is 442 g/mol. The molecule has 1 saturated heterocycles. The highest BCUT2D eigenvalue weighted by Crippen LogP contribution is 2.36. The normalized spacial score (nSPS) is 14.6. The van der Waals surface area contributed by atoms with E-state index in [1.54, 1.807) is 41.0 Å². The van der Waals surface area contributed by atoms with Crippen LogP contribution in [0, 0.1) is 6.92 Å². The van der Waals surface area contributed by atoms with E-state index in [0.717, 1.165) is 12.0 Å². The topological polar surface area (TPSA) is 66.9 Å². The minimum atomic E-state index is -4.13. The van der Waals surface area contributed by atoms with Gasteiger partial charge in [-0.1, -0.05) is 30.1 Å². The third-order valence-electron chi connectivity index (χ3n) is 4.36. The zero-order valence-electron chi connectivity index (χ0n) is 15.5. The van der Waals surface area contributed by atoms with Crippen molar-refractivity contribution < 1.29 is 17.4 Å². The lowest BCUT2D eigenvalue weighted by Gasteiger charge is -2.18. The van der Waals surface area contributed by atoms with Crippen molar-refractivity contribution in [3.8, 4) is 5.75 Å². The molecule has 2 aromatic rings. The third-order valence-corrected chi connectivity index (χ3v) is 6.16. The number of nitrogens with zero attached hydrogens (tertiary/aromatic N) is 2. The standard InChI is InChI=1S/C19H20Cl2N2O4S/c1-3-8-22-9-10-23(19(22)24)14-4-6-15(7-5-14)28(25,26)27-18-16(20)11-13(2)12-17(18)21/h4-7,11-12H,3,8-10H2,1-2H3. The van der Waals surface area contributed by atoms with Crippen molar-refractivity contribution in [1.29, 1.82) is 0 Å². The summed E-state index contributed by atoms with van der Waals surface area (Å²) < 4.78 is 30.4. The van der Waals surface area contributed by atoms with Gasteiger partial charge in [0, 0.05) is 25.3 Å². The molecule has 1 fully saturated rings. The summed E-state index contributed by atoms with van der Waals surface area (Å²) in [5, 5.41) is 0.229. The van der Waals surface area contributed by atoms with Crippen molar-refractivity contribution in [1.82, 2.24) is 4.90 Å². The fourth-order valence-electron chi connectivity index (χ4n) is 3.02. The maximum atomic E-state index is 12.6. The number of amides is 2. The van der Waals surface area contributed by atoms with Crippen LogP contribution in [-0.2, 0) is 10.1 Å². The Bertz CT molecular complexity index is 970. The molecule has 0 N–H and O–H groups in total. The molecule has 9 heteroatoms. The maximum absolute atomic E-state index is 12.6. The van der Waals surface area contributed by atoms with Crippen LogP contribution >= 0.6 is 23.2 Å². The van der Waals surface area contributed by atoms with E-state index in [4.69, 9.17) is 27.4 Å². The van der Waals surface area contributed by atoms with Crippen LogP contribution in [0.3, 0.4) is 0 Å². The van der Waals surface area contributed by atoms with Crippen LogP contribution in [0.1, 0.15) is 18.9 Å². The van der Waals surface area contributed by atoms with Gasteiger partial charge >= 0.3 is 16.1 Å². The van der Waals surface area contributed by atoms with E-state index in [-0.39, 0.29) is 26.7 Å². The van der Waals surface area contributed by atoms with Gasteiger partial charge in [0.15, 0.2) is 5.75 Å². The molecule has 1 aliphatic heterocycles. The molecule has 1 aliphatic rings. The van der Waals surface area contributed by atoms with Crippen molar-refractivity contribution in [3.63, 3.8) is 0 Å². The first kappa shape index (κ1) is 20.8. The van der Waals surface area contributed by atoms with Crippen molar-refractivity contribution in [3.05, 3.63) is 52.0 Å². The first-order valence-corrected chi connectivity index (χ1v) is 11.0. The number of hydrogen-bond acceptors (Lipinski definition) is 4. The SMILES string of the molecule is CCCN1CCN(c2ccc(S(=O)(=O)Oc3c(Cl)cc(C)cc3Cl)cc2)C1=O. The van der Waals surface area contributed by atoms with Crippen molar-refractivity contribution in [2.75, 3.05) is 24.5 Å². The lowest BCUT2D eigenvalue weighted by Crippen LogP contribution is -2.32. The van der Waals surface area contributed by atoms with Crippen LogP contribution in [0.4, 0.5) is 10.5 Å². The highest BCUT2D eigenvalue weighted by Gasteiger charge is 2.29. The molecule has 0 unspecified atom stereocenters. The van der Waals surface area contributed by atoms with Gasteiger partial charge in [0.2, 0.25) is 0 Å². The van der Waals surface area contributed by atoms with Gasteiger partial charge in [0.1, 0.15) is 4.90 Å². The number of halogens is 2. The predicted molar refractivity (Wildman–Crippen MR) is 110 cm³/mol. The lowest BCUT2D eigenvalue weighted by atomic mass is 10.2. The van der Waals surface area contributed by atoms with Crippen molar-refractivity contribution >= 4 is 45.0 Å². The molecule has 0 bridgehead atoms. The molecule has 2 aromatic carbocycles. The molecule has 0 aromatic heterocycles. The number of carbonyl (C=O) groups is 1. The molecule has 0 atom stereocenters. The van der Waals surface area contributed by atoms with E-state index in [2.05, 4.69) is 0 Å². The average molecular weight is 443 g/mol. The van der Waals surface area contributed by atoms with E-state index in [9.17, 15) is 13.2 Å². The van der Waals surface area contributed by atoms with Crippen LogP contribution in [0.5, 0.6) is 5.75 Å². The second kappa shape index (κ2) is 8.19. The molecule has 6 nitrogen and oxygen atoms in total. The molecule has 2 amide bonds. The van der Waals surface area contributed by atoms with E-state index in [1.807, 2.05) is 6.92 Å². The number of carbonyl (C=O) groups excluding carboxylic acids is 1. The van der Waals surface area contributed by atoms with Gasteiger partial charge in [-0.2, -0.15) is 8.42 Å². The molecule has 3 rings (SSSR count). The first-order valence-electron chi connectivity index (χ1n) is 8.79. The Kier molecular flexibility index (Phi) is 6.07. The molecule has 1 heterocycles. The van der Waals surface area contributed by atoms with Gasteiger partial charge in [0.25, 0.3) is 0 Å². The summed E-state index contributed by atoms with van der Waals surface area (Å²) in [6.45, 7) is 5.72. The fraction of sp³-hybridized carbons (Fsp3) is 0.316. The average Bonchev–Trinajstić information content (AvgIpc) is 2.99. The van der Waals surface area contributed by atoms with Crippen LogP contribution in [0.2, 0.25) is 10.0 Å². The molecule has 0 radical (unpaired) electrons. The summed E-state index contributed by atoms with van der Waals surface area (Å²) in [7, 11) is -4.13. The largest absolute Gasteiger partial charge is 0.376 e. The smallest absolute Gasteiger partial charge is 0.339 e. The minimum Gasteiger partial charge on any atom is -0.376 e. The Morgan fingerprint density at radius 3 is 2.25 bits per heavy atom. The first-order chi connectivity index (χ1) is 13.2. The van der Waals surface area contributed by atoms with Crippen LogP contribution in [0.25, 0.3) is 0 Å². The van der Waals surface area contributed by atoms with Gasteiger partial charge in [-0.15, -0.1) is 0 Å². The Hall–Kier alpha value is -1.96. The number of hydrogen-bond donors (Lipinski definition) is 0. The Morgan fingerprint density at radius 2 is 1.68 bits per heavy atom. The summed E-state index contributed by atoms with van der Waals surface area (Å²) in [5.41, 5.74) is 1.42. The lowest BCUT2D eigenvalue weighted by molar-refractivity contribution is 0.220. The van der Waals surface area contributed by atoms with E-state index in [1.165, 1.54) is 12.1 Å². The van der Waals surface area contributed by atoms with E-state index >= 15 is 0 Å². The quantitative estimate of drug-likeness (QED) is 0.606. The Balaban J connectivity index is 1.80. The summed E-state index contributed by atoms with van der Waals surface area (Å²) in [4.78, 5) is 15.7. The zero-order chi connectivity index (χ0) is 20.5. The van der Waals surface area contributed by atoms with Crippen molar-refractivity contribution in [2.45, 2.75) is 25.2 Å². The van der Waals surface area contributed by atoms with Crippen LogP contribution in [0.15, 0.2) is 41.3 Å². The molecule has 0 aliphatic carbocycles. The van der Waals surface area contributed by atoms with Gasteiger partial charge in [0.05, 0.1) is 10.0 Å². The van der Waals surface area contributed by atoms with Gasteiger partial charge in [-0.3, -0.25) is 4.90 Å². The number of rotatable bonds is 6. The van der Waals surface area contributed by atoms with Crippen LogP contribution in [-0.4, -0.2) is 39.0 Å². The molecular formula is C19H20Cl2N2O4S. The second-order valence-electron chi connectivity index (χ2n) is 6.51. The molecule has 150 valence electrons. The van der Waals surface area contributed by atoms with Crippen LogP contribution < -0.4 is 9.08 Å². The number of aryl methyl sites for hydroxylation is 1. The molecule has 0 spiro atoms. The molecular weight excluding hydrogens is 423 g/mol. The third kappa shape index (κ3) is 4.21. The highest BCUT2D eigenvalue weighted by atomic mass is 35.5. The number of benzene rings is 2. The van der Waals surface area contributed by atoms with Gasteiger partial charge in [-0.25, -0.2) is 4.79 Å². The number of urea groups is 1. The fourth-order valence-corrected chi connectivity index (χ4v) is 4.75. The molecule has 28 heavy (non-hydrogen) atoms. The Morgan fingerprint density at radius 1 is 1.07 bits per heavy atom. The summed E-state index contributed by atoms with van der Waals surface area (Å²) >= 11 is 12.1.